The number of aliphatic hydroxyl groups excluding tert-OH is 1. The van der Waals surface area contributed by atoms with Crippen molar-refractivity contribution < 1.29 is 5.11 Å². The Labute approximate surface area is 176 Å². The Morgan fingerprint density at radius 1 is 0.767 bits per heavy atom. The highest BCUT2D eigenvalue weighted by Crippen LogP contribution is 2.33. The van der Waals surface area contributed by atoms with E-state index in [9.17, 15) is 0 Å². The number of aromatic nitrogens is 1. The third-order valence-electron chi connectivity index (χ3n) is 5.88. The van der Waals surface area contributed by atoms with Crippen LogP contribution in [0.5, 0.6) is 0 Å². The lowest BCUT2D eigenvalue weighted by atomic mass is 10.1. The Hall–Kier alpha value is -3.15. The number of aliphatic hydroxyl groups is 1. The first-order valence-electron chi connectivity index (χ1n) is 10.5. The van der Waals surface area contributed by atoms with E-state index in [1.54, 1.807) is 0 Å². The van der Waals surface area contributed by atoms with Crippen LogP contribution in [0.25, 0.3) is 21.8 Å². The smallest absolute Gasteiger partial charge is 0.0730 e. The molecule has 0 spiro atoms. The molecule has 0 saturated carbocycles. The van der Waals surface area contributed by atoms with E-state index in [2.05, 4.69) is 75.8 Å². The standard InChI is InChI=1S/C25H26N4O/c30-18-17-28-13-15-29(16-14-28)20-11-9-19(10-12-20)26-25-21-5-1-3-7-23(21)27-24-8-4-2-6-22(24)25/h1-12,30H,13-18H2,(H,26,27). The van der Waals surface area contributed by atoms with E-state index in [1.807, 2.05) is 12.1 Å². The molecule has 0 amide bonds. The maximum atomic E-state index is 9.12. The van der Waals surface area contributed by atoms with Gasteiger partial charge < -0.3 is 15.3 Å². The van der Waals surface area contributed by atoms with Gasteiger partial charge in [-0.05, 0) is 36.4 Å². The normalized spacial score (nSPS) is 15.0. The van der Waals surface area contributed by atoms with Crippen LogP contribution in [0.15, 0.2) is 72.8 Å². The molecular formula is C25H26N4O. The minimum atomic E-state index is 0.235. The number of piperazine rings is 1. The Morgan fingerprint density at radius 2 is 1.37 bits per heavy atom. The number of nitrogens with zero attached hydrogens (tertiary/aromatic N) is 3. The zero-order valence-corrected chi connectivity index (χ0v) is 17.0. The molecule has 2 N–H and O–H groups in total. The van der Waals surface area contributed by atoms with E-state index >= 15 is 0 Å². The van der Waals surface area contributed by atoms with Gasteiger partial charge in [-0.25, -0.2) is 4.98 Å². The minimum absolute atomic E-state index is 0.235. The zero-order valence-electron chi connectivity index (χ0n) is 17.0. The van der Waals surface area contributed by atoms with Gasteiger partial charge in [-0.1, -0.05) is 36.4 Å². The molecule has 5 nitrogen and oxygen atoms in total. The third kappa shape index (κ3) is 3.70. The van der Waals surface area contributed by atoms with E-state index in [-0.39, 0.29) is 6.61 Å². The number of hydrogen-bond acceptors (Lipinski definition) is 5. The molecule has 30 heavy (non-hydrogen) atoms. The molecule has 1 aromatic heterocycles. The second-order valence-corrected chi connectivity index (χ2v) is 7.75. The molecule has 0 bridgehead atoms. The summed E-state index contributed by atoms with van der Waals surface area (Å²) in [5.74, 6) is 0. The lowest BCUT2D eigenvalue weighted by molar-refractivity contribution is 0.189. The van der Waals surface area contributed by atoms with E-state index < -0.39 is 0 Å². The summed E-state index contributed by atoms with van der Waals surface area (Å²) in [5, 5.41) is 15.0. The number of anilines is 3. The van der Waals surface area contributed by atoms with Gasteiger partial charge in [0.25, 0.3) is 0 Å². The van der Waals surface area contributed by atoms with Crippen molar-refractivity contribution >= 4 is 38.9 Å². The monoisotopic (exact) mass is 398 g/mol. The van der Waals surface area contributed by atoms with Crippen LogP contribution >= 0.6 is 0 Å². The van der Waals surface area contributed by atoms with Crippen LogP contribution in [0.4, 0.5) is 17.1 Å². The number of rotatable bonds is 5. The Kier molecular flexibility index (Phi) is 5.22. The van der Waals surface area contributed by atoms with Crippen molar-refractivity contribution in [3.05, 3.63) is 72.8 Å². The van der Waals surface area contributed by atoms with Crippen molar-refractivity contribution in [1.82, 2.24) is 9.88 Å². The van der Waals surface area contributed by atoms with Gasteiger partial charge in [-0.2, -0.15) is 0 Å². The lowest BCUT2D eigenvalue weighted by Crippen LogP contribution is -2.47. The van der Waals surface area contributed by atoms with E-state index in [1.165, 1.54) is 5.69 Å². The summed E-state index contributed by atoms with van der Waals surface area (Å²) in [4.78, 5) is 9.53. The summed E-state index contributed by atoms with van der Waals surface area (Å²) in [5.41, 5.74) is 5.40. The molecule has 4 aromatic rings. The van der Waals surface area contributed by atoms with Gasteiger partial charge >= 0.3 is 0 Å². The first-order chi connectivity index (χ1) is 14.8. The van der Waals surface area contributed by atoms with Gasteiger partial charge in [0.05, 0.1) is 23.3 Å². The highest BCUT2D eigenvalue weighted by atomic mass is 16.3. The summed E-state index contributed by atoms with van der Waals surface area (Å²) in [6.07, 6.45) is 0. The van der Waals surface area contributed by atoms with Gasteiger partial charge in [-0.15, -0.1) is 0 Å². The molecule has 5 rings (SSSR count). The minimum Gasteiger partial charge on any atom is -0.395 e. The highest BCUT2D eigenvalue weighted by molar-refractivity contribution is 6.08. The fraction of sp³-hybridized carbons (Fsp3) is 0.240. The fourth-order valence-electron chi connectivity index (χ4n) is 4.25. The summed E-state index contributed by atoms with van der Waals surface area (Å²) in [6, 6.07) is 25.2. The van der Waals surface area contributed by atoms with Gasteiger partial charge in [0.1, 0.15) is 0 Å². The molecule has 1 aliphatic rings. The van der Waals surface area contributed by atoms with Crippen molar-refractivity contribution in [2.75, 3.05) is 49.5 Å². The van der Waals surface area contributed by atoms with Crippen LogP contribution in [0.1, 0.15) is 0 Å². The van der Waals surface area contributed by atoms with Crippen molar-refractivity contribution in [2.24, 2.45) is 0 Å². The van der Waals surface area contributed by atoms with E-state index in [0.29, 0.717) is 0 Å². The lowest BCUT2D eigenvalue weighted by Gasteiger charge is -2.35. The number of β-amino-alcohol motifs (C(OH)–C–C–N with tert-alkyl or cyclic N) is 1. The Morgan fingerprint density at radius 3 is 1.97 bits per heavy atom. The summed E-state index contributed by atoms with van der Waals surface area (Å²) in [7, 11) is 0. The summed E-state index contributed by atoms with van der Waals surface area (Å²) in [6.45, 7) is 4.98. The maximum Gasteiger partial charge on any atom is 0.0730 e. The SMILES string of the molecule is OCCN1CCN(c2ccc(Nc3c4ccccc4nc4ccccc34)cc2)CC1. The summed E-state index contributed by atoms with van der Waals surface area (Å²) < 4.78 is 0. The van der Waals surface area contributed by atoms with Gasteiger partial charge in [0.15, 0.2) is 0 Å². The van der Waals surface area contributed by atoms with Crippen LogP contribution < -0.4 is 10.2 Å². The second-order valence-electron chi connectivity index (χ2n) is 7.75. The maximum absolute atomic E-state index is 9.12. The molecular weight excluding hydrogens is 372 g/mol. The zero-order chi connectivity index (χ0) is 20.3. The molecule has 3 aromatic carbocycles. The van der Waals surface area contributed by atoms with Crippen LogP contribution in [-0.4, -0.2) is 54.3 Å². The van der Waals surface area contributed by atoms with Gasteiger partial charge in [0.2, 0.25) is 0 Å². The molecule has 5 heteroatoms. The first kappa shape index (κ1) is 18.9. The first-order valence-corrected chi connectivity index (χ1v) is 10.5. The topological polar surface area (TPSA) is 51.6 Å². The van der Waals surface area contributed by atoms with Crippen molar-refractivity contribution in [2.45, 2.75) is 0 Å². The quantitative estimate of drug-likeness (QED) is 0.493. The van der Waals surface area contributed by atoms with Gasteiger partial charge in [-0.3, -0.25) is 4.90 Å². The van der Waals surface area contributed by atoms with Crippen LogP contribution in [0, 0.1) is 0 Å². The number of hydrogen-bond donors (Lipinski definition) is 2. The number of para-hydroxylation sites is 2. The molecule has 1 aliphatic heterocycles. The van der Waals surface area contributed by atoms with Crippen LogP contribution in [-0.2, 0) is 0 Å². The molecule has 1 saturated heterocycles. The molecule has 0 unspecified atom stereocenters. The predicted octanol–water partition coefficient (Wildman–Crippen LogP) is 4.25. The highest BCUT2D eigenvalue weighted by Gasteiger charge is 2.16. The van der Waals surface area contributed by atoms with E-state index in [0.717, 1.165) is 65.9 Å². The van der Waals surface area contributed by atoms with Crippen molar-refractivity contribution in [3.8, 4) is 0 Å². The molecule has 2 heterocycles. The average Bonchev–Trinajstić information content (AvgIpc) is 2.80. The van der Waals surface area contributed by atoms with Crippen molar-refractivity contribution in [3.63, 3.8) is 0 Å². The fourth-order valence-corrected chi connectivity index (χ4v) is 4.25. The van der Waals surface area contributed by atoms with Gasteiger partial charge in [0, 0.05) is 54.9 Å². The molecule has 1 fully saturated rings. The summed E-state index contributed by atoms with van der Waals surface area (Å²) >= 11 is 0. The average molecular weight is 399 g/mol. The third-order valence-corrected chi connectivity index (χ3v) is 5.88. The number of pyridine rings is 1. The number of benzene rings is 3. The number of fused-ring (bicyclic) bond motifs is 2. The molecule has 0 aliphatic carbocycles. The molecule has 0 atom stereocenters. The van der Waals surface area contributed by atoms with Crippen LogP contribution in [0.3, 0.4) is 0 Å². The second kappa shape index (κ2) is 8.30. The molecule has 152 valence electrons. The predicted molar refractivity (Wildman–Crippen MR) is 125 cm³/mol. The largest absolute Gasteiger partial charge is 0.395 e. The number of nitrogens with one attached hydrogen (secondary N) is 1. The van der Waals surface area contributed by atoms with Crippen molar-refractivity contribution in [1.29, 1.82) is 0 Å². The van der Waals surface area contributed by atoms with Crippen LogP contribution in [0.2, 0.25) is 0 Å². The Bertz CT molecular complexity index is 1100. The van der Waals surface area contributed by atoms with E-state index in [4.69, 9.17) is 10.1 Å². The molecule has 0 radical (unpaired) electrons. The Balaban J connectivity index is 1.41.